The lowest BCUT2D eigenvalue weighted by Crippen LogP contribution is -2.09. The number of non-ortho nitro benzene ring substituents is 1. The first-order valence-electron chi connectivity index (χ1n) is 5.74. The lowest BCUT2D eigenvalue weighted by atomic mass is 10.1. The fourth-order valence-corrected chi connectivity index (χ4v) is 1.55. The van der Waals surface area contributed by atoms with Crippen molar-refractivity contribution in [1.29, 1.82) is 0 Å². The molecule has 0 fully saturated rings. The lowest BCUT2D eigenvalue weighted by molar-refractivity contribution is -0.384. The van der Waals surface area contributed by atoms with Crippen LogP contribution in [-0.4, -0.2) is 23.3 Å². The number of allylic oxidation sites excluding steroid dienone is 1. The van der Waals surface area contributed by atoms with Gasteiger partial charge in [-0.05, 0) is 30.7 Å². The molecule has 0 aliphatic heterocycles. The molecule has 1 rings (SSSR count). The lowest BCUT2D eigenvalue weighted by Gasteiger charge is -1.99. The molecule has 1 aromatic rings. The van der Waals surface area contributed by atoms with Crippen molar-refractivity contribution in [2.75, 3.05) is 6.61 Å². The van der Waals surface area contributed by atoms with Crippen molar-refractivity contribution in [1.82, 2.24) is 0 Å². The molecule has 106 valence electrons. The number of ketones is 1. The molecule has 0 N–H and O–H groups in total. The van der Waals surface area contributed by atoms with E-state index in [1.54, 1.807) is 6.92 Å². The number of hydrogen-bond acceptors (Lipinski definition) is 5. The Morgan fingerprint density at radius 3 is 2.75 bits per heavy atom. The van der Waals surface area contributed by atoms with Crippen LogP contribution in [0.3, 0.4) is 0 Å². The number of benzene rings is 1. The minimum atomic E-state index is -0.618. The standard InChI is InChI=1S/C13H12ClNO5/c1-2-20-13(17)8-11(16)5-3-9-7-10(15(18)19)4-6-12(9)14/h3-7H,2,8H2,1H3. The number of hydrogen-bond donors (Lipinski definition) is 0. The SMILES string of the molecule is CCOC(=O)CC(=O)C=Cc1cc([N+](=O)[O-])ccc1Cl. The first-order chi connectivity index (χ1) is 9.43. The zero-order valence-electron chi connectivity index (χ0n) is 10.7. The highest BCUT2D eigenvalue weighted by Gasteiger charge is 2.10. The van der Waals surface area contributed by atoms with Crippen molar-refractivity contribution in [2.24, 2.45) is 0 Å². The van der Waals surface area contributed by atoms with Gasteiger partial charge in [0, 0.05) is 17.2 Å². The second-order valence-electron chi connectivity index (χ2n) is 3.74. The first-order valence-corrected chi connectivity index (χ1v) is 6.12. The highest BCUT2D eigenvalue weighted by atomic mass is 35.5. The average molecular weight is 298 g/mol. The summed E-state index contributed by atoms with van der Waals surface area (Å²) >= 11 is 5.86. The molecule has 0 spiro atoms. The molecule has 7 heteroatoms. The Hall–Kier alpha value is -2.21. The van der Waals surface area contributed by atoms with Gasteiger partial charge in [-0.15, -0.1) is 0 Å². The number of carbonyl (C=O) groups excluding carboxylic acids is 2. The molecule has 0 aliphatic rings. The van der Waals surface area contributed by atoms with Crippen molar-refractivity contribution < 1.29 is 19.2 Å². The third-order valence-electron chi connectivity index (χ3n) is 2.26. The monoisotopic (exact) mass is 297 g/mol. The molecule has 0 aromatic heterocycles. The molecule has 0 amide bonds. The maximum absolute atomic E-state index is 11.5. The molecule has 0 heterocycles. The molecule has 6 nitrogen and oxygen atoms in total. The quantitative estimate of drug-likeness (QED) is 0.265. The summed E-state index contributed by atoms with van der Waals surface area (Å²) in [4.78, 5) is 32.6. The number of nitro groups is 1. The van der Waals surface area contributed by atoms with Gasteiger partial charge >= 0.3 is 5.97 Å². The van der Waals surface area contributed by atoms with Crippen molar-refractivity contribution in [3.05, 3.63) is 45.0 Å². The van der Waals surface area contributed by atoms with Crippen LogP contribution in [-0.2, 0) is 14.3 Å². The Morgan fingerprint density at radius 2 is 2.15 bits per heavy atom. The highest BCUT2D eigenvalue weighted by Crippen LogP contribution is 2.23. The van der Waals surface area contributed by atoms with Crippen LogP contribution in [0.15, 0.2) is 24.3 Å². The van der Waals surface area contributed by atoms with Crippen molar-refractivity contribution in [3.8, 4) is 0 Å². The number of rotatable bonds is 6. The van der Waals surface area contributed by atoms with Gasteiger partial charge in [0.05, 0.1) is 11.5 Å². The maximum atomic E-state index is 11.5. The second kappa shape index (κ2) is 7.40. The van der Waals surface area contributed by atoms with Crippen LogP contribution in [0.4, 0.5) is 5.69 Å². The Labute approximate surface area is 120 Å². The van der Waals surface area contributed by atoms with Crippen LogP contribution in [0.5, 0.6) is 0 Å². The van der Waals surface area contributed by atoms with Gasteiger partial charge in [0.15, 0.2) is 5.78 Å². The predicted octanol–water partition coefficient (Wildman–Crippen LogP) is 2.78. The Bertz CT molecular complexity index is 568. The maximum Gasteiger partial charge on any atom is 0.313 e. The van der Waals surface area contributed by atoms with E-state index in [1.807, 2.05) is 0 Å². The van der Waals surface area contributed by atoms with Gasteiger partial charge < -0.3 is 4.74 Å². The van der Waals surface area contributed by atoms with Crippen LogP contribution in [0.1, 0.15) is 18.9 Å². The van der Waals surface area contributed by atoms with Crippen LogP contribution in [0.2, 0.25) is 5.02 Å². The number of ether oxygens (including phenoxy) is 1. The third-order valence-corrected chi connectivity index (χ3v) is 2.61. The minimum Gasteiger partial charge on any atom is -0.466 e. The Morgan fingerprint density at radius 1 is 1.45 bits per heavy atom. The smallest absolute Gasteiger partial charge is 0.313 e. The summed E-state index contributed by atoms with van der Waals surface area (Å²) in [5.74, 6) is -1.08. The highest BCUT2D eigenvalue weighted by molar-refractivity contribution is 6.32. The van der Waals surface area contributed by atoms with E-state index in [0.717, 1.165) is 6.08 Å². The van der Waals surface area contributed by atoms with Gasteiger partial charge in [-0.2, -0.15) is 0 Å². The number of esters is 1. The van der Waals surface area contributed by atoms with Crippen molar-refractivity contribution in [2.45, 2.75) is 13.3 Å². The van der Waals surface area contributed by atoms with Gasteiger partial charge in [0.1, 0.15) is 6.42 Å². The van der Waals surface area contributed by atoms with E-state index >= 15 is 0 Å². The molecule has 0 aliphatic carbocycles. The number of halogens is 1. The van der Waals surface area contributed by atoms with E-state index in [9.17, 15) is 19.7 Å². The van der Waals surface area contributed by atoms with E-state index in [0.29, 0.717) is 5.56 Å². The largest absolute Gasteiger partial charge is 0.466 e. The molecule has 0 bridgehead atoms. The summed E-state index contributed by atoms with van der Waals surface area (Å²) in [6.45, 7) is 1.84. The van der Waals surface area contributed by atoms with Crippen LogP contribution >= 0.6 is 11.6 Å². The van der Waals surface area contributed by atoms with Gasteiger partial charge in [0.2, 0.25) is 0 Å². The topological polar surface area (TPSA) is 86.5 Å². The molecule has 0 atom stereocenters. The van der Waals surface area contributed by atoms with E-state index in [2.05, 4.69) is 4.74 Å². The summed E-state index contributed by atoms with van der Waals surface area (Å²) in [5, 5.41) is 10.9. The van der Waals surface area contributed by atoms with Gasteiger partial charge in [-0.3, -0.25) is 19.7 Å². The zero-order valence-corrected chi connectivity index (χ0v) is 11.4. The summed E-state index contributed by atoms with van der Waals surface area (Å²) in [6, 6.07) is 3.88. The van der Waals surface area contributed by atoms with Gasteiger partial charge in [-0.25, -0.2) is 0 Å². The molecule has 0 saturated heterocycles. The van der Waals surface area contributed by atoms with Crippen molar-refractivity contribution >= 4 is 35.1 Å². The van der Waals surface area contributed by atoms with E-state index < -0.39 is 16.7 Å². The summed E-state index contributed by atoms with van der Waals surface area (Å²) in [5.41, 5.74) is 0.199. The molecule has 20 heavy (non-hydrogen) atoms. The molecular formula is C13H12ClNO5. The van der Waals surface area contributed by atoms with Crippen molar-refractivity contribution in [3.63, 3.8) is 0 Å². The zero-order chi connectivity index (χ0) is 15.1. The minimum absolute atomic E-state index is 0.133. The fourth-order valence-electron chi connectivity index (χ4n) is 1.37. The molecule has 0 unspecified atom stereocenters. The Kier molecular flexibility index (Phi) is 5.86. The molecular weight excluding hydrogens is 286 g/mol. The van der Waals surface area contributed by atoms with Gasteiger partial charge in [-0.1, -0.05) is 11.6 Å². The van der Waals surface area contributed by atoms with Gasteiger partial charge in [0.25, 0.3) is 5.69 Å². The van der Waals surface area contributed by atoms with E-state index in [1.165, 1.54) is 24.3 Å². The second-order valence-corrected chi connectivity index (χ2v) is 4.15. The van der Waals surface area contributed by atoms with E-state index in [4.69, 9.17) is 11.6 Å². The summed E-state index contributed by atoms with van der Waals surface area (Å²) in [6.07, 6.45) is 2.09. The number of nitrogens with zero attached hydrogens (tertiary/aromatic N) is 1. The first kappa shape index (κ1) is 15.8. The number of nitro benzene ring substituents is 1. The summed E-state index contributed by atoms with van der Waals surface area (Å²) in [7, 11) is 0. The summed E-state index contributed by atoms with van der Waals surface area (Å²) < 4.78 is 4.63. The molecule has 0 saturated carbocycles. The fraction of sp³-hybridized carbons (Fsp3) is 0.231. The Balaban J connectivity index is 2.79. The van der Waals surface area contributed by atoms with Crippen LogP contribution in [0, 0.1) is 10.1 Å². The molecule has 0 radical (unpaired) electrons. The van der Waals surface area contributed by atoms with E-state index in [-0.39, 0.29) is 23.7 Å². The predicted molar refractivity (Wildman–Crippen MR) is 73.4 cm³/mol. The van der Waals surface area contributed by atoms with Crippen LogP contribution < -0.4 is 0 Å². The average Bonchev–Trinajstić information content (AvgIpc) is 2.37. The normalized spacial score (nSPS) is 10.5. The number of carbonyl (C=O) groups is 2. The van der Waals surface area contributed by atoms with Crippen LogP contribution in [0.25, 0.3) is 6.08 Å². The molecule has 1 aromatic carbocycles. The third kappa shape index (κ3) is 4.81.